The van der Waals surface area contributed by atoms with Crippen LogP contribution in [0.15, 0.2) is 30.5 Å². The number of benzene rings is 1. The van der Waals surface area contributed by atoms with Crippen LogP contribution in [0, 0.1) is 0 Å². The van der Waals surface area contributed by atoms with E-state index in [9.17, 15) is 19.2 Å². The van der Waals surface area contributed by atoms with Gasteiger partial charge in [-0.2, -0.15) is 0 Å². The smallest absolute Gasteiger partial charge is 0.312 e. The van der Waals surface area contributed by atoms with Crippen molar-refractivity contribution in [3.63, 3.8) is 0 Å². The van der Waals surface area contributed by atoms with Crippen molar-refractivity contribution in [2.75, 3.05) is 0 Å². The first kappa shape index (κ1) is 26.2. The molecule has 1 fully saturated rings. The zero-order valence-corrected chi connectivity index (χ0v) is 20.3. The van der Waals surface area contributed by atoms with Crippen LogP contribution >= 0.6 is 0 Å². The van der Waals surface area contributed by atoms with E-state index in [1.807, 2.05) is 24.3 Å². The lowest BCUT2D eigenvalue weighted by molar-refractivity contribution is -0.294. The quantitative estimate of drug-likeness (QED) is 0.417. The van der Waals surface area contributed by atoms with Crippen LogP contribution in [0.4, 0.5) is 0 Å². The lowest BCUT2D eigenvalue weighted by atomic mass is 9.98. The lowest BCUT2D eigenvalue weighted by Gasteiger charge is -2.43. The Labute approximate surface area is 203 Å². The SMILES string of the molecule is CCC(=O)O[C@@H]1[C@@H](OC(=O)CC)[C@H](C)O[C@@H](OC(=O)Cc2c[nH]c3ccccc23)[C@@H]1OC(=O)CC. The van der Waals surface area contributed by atoms with E-state index < -0.39 is 54.6 Å². The summed E-state index contributed by atoms with van der Waals surface area (Å²) in [4.78, 5) is 52.4. The lowest BCUT2D eigenvalue weighted by Crippen LogP contribution is -2.61. The molecule has 0 amide bonds. The number of hydrogen-bond donors (Lipinski definition) is 1. The zero-order chi connectivity index (χ0) is 25.5. The fraction of sp³-hybridized carbons (Fsp3) is 0.520. The molecule has 2 heterocycles. The molecule has 10 nitrogen and oxygen atoms in total. The Morgan fingerprint density at radius 1 is 0.800 bits per heavy atom. The van der Waals surface area contributed by atoms with E-state index in [2.05, 4.69) is 4.98 Å². The summed E-state index contributed by atoms with van der Waals surface area (Å²) in [5.74, 6) is -2.39. The van der Waals surface area contributed by atoms with Gasteiger partial charge >= 0.3 is 23.9 Å². The van der Waals surface area contributed by atoms with Gasteiger partial charge in [0.15, 0.2) is 12.2 Å². The van der Waals surface area contributed by atoms with Crippen LogP contribution in [0.25, 0.3) is 10.9 Å². The maximum Gasteiger partial charge on any atom is 0.312 e. The normalized spacial score (nSPS) is 23.9. The third-order valence-electron chi connectivity index (χ3n) is 5.65. The Morgan fingerprint density at radius 3 is 2.00 bits per heavy atom. The first-order chi connectivity index (χ1) is 16.8. The highest BCUT2D eigenvalue weighted by Gasteiger charge is 2.52. The summed E-state index contributed by atoms with van der Waals surface area (Å²) in [7, 11) is 0. The number of para-hydroxylation sites is 1. The minimum absolute atomic E-state index is 0.0237. The predicted molar refractivity (Wildman–Crippen MR) is 123 cm³/mol. The average molecular weight is 490 g/mol. The minimum Gasteiger partial charge on any atom is -0.455 e. The summed E-state index contributed by atoms with van der Waals surface area (Å²) >= 11 is 0. The Morgan fingerprint density at radius 2 is 1.37 bits per heavy atom. The third kappa shape index (κ3) is 6.39. The second-order valence-electron chi connectivity index (χ2n) is 8.16. The topological polar surface area (TPSA) is 130 Å². The van der Waals surface area contributed by atoms with Gasteiger partial charge in [-0.1, -0.05) is 39.0 Å². The average Bonchev–Trinajstić information content (AvgIpc) is 3.25. The fourth-order valence-corrected chi connectivity index (χ4v) is 3.80. The highest BCUT2D eigenvalue weighted by molar-refractivity contribution is 5.87. The number of nitrogens with one attached hydrogen (secondary N) is 1. The van der Waals surface area contributed by atoms with Gasteiger partial charge in [-0.25, -0.2) is 0 Å². The van der Waals surface area contributed by atoms with Crippen molar-refractivity contribution < 1.29 is 42.9 Å². The largest absolute Gasteiger partial charge is 0.455 e. The van der Waals surface area contributed by atoms with Gasteiger partial charge in [-0.3, -0.25) is 19.2 Å². The minimum atomic E-state index is -1.37. The highest BCUT2D eigenvalue weighted by atomic mass is 16.7. The number of aromatic nitrogens is 1. The molecule has 0 saturated carbocycles. The molecule has 1 N–H and O–H groups in total. The Hall–Kier alpha value is -3.40. The molecule has 1 saturated heterocycles. The van der Waals surface area contributed by atoms with Crippen molar-refractivity contribution in [3.05, 3.63) is 36.0 Å². The monoisotopic (exact) mass is 489 g/mol. The second kappa shape index (κ2) is 11.8. The molecule has 2 aromatic rings. The molecule has 0 bridgehead atoms. The van der Waals surface area contributed by atoms with Gasteiger partial charge < -0.3 is 28.7 Å². The van der Waals surface area contributed by atoms with Crippen LogP contribution in [-0.2, 0) is 49.3 Å². The molecule has 35 heavy (non-hydrogen) atoms. The number of carbonyl (C=O) groups is 4. The van der Waals surface area contributed by atoms with Crippen LogP contribution in [0.2, 0.25) is 0 Å². The van der Waals surface area contributed by atoms with Gasteiger partial charge in [0.2, 0.25) is 12.4 Å². The van der Waals surface area contributed by atoms with E-state index in [4.69, 9.17) is 23.7 Å². The van der Waals surface area contributed by atoms with E-state index in [-0.39, 0.29) is 25.7 Å². The van der Waals surface area contributed by atoms with Gasteiger partial charge in [-0.15, -0.1) is 0 Å². The molecule has 0 spiro atoms. The van der Waals surface area contributed by atoms with Gasteiger partial charge in [0.1, 0.15) is 0 Å². The summed E-state index contributed by atoms with van der Waals surface area (Å²) < 4.78 is 27.9. The van der Waals surface area contributed by atoms with Crippen molar-refractivity contribution >= 4 is 34.8 Å². The number of carbonyl (C=O) groups excluding carboxylic acids is 4. The third-order valence-corrected chi connectivity index (χ3v) is 5.65. The van der Waals surface area contributed by atoms with Crippen molar-refractivity contribution in [1.29, 1.82) is 0 Å². The van der Waals surface area contributed by atoms with Gasteiger partial charge in [0.05, 0.1) is 12.5 Å². The number of rotatable bonds is 9. The van der Waals surface area contributed by atoms with Crippen LogP contribution in [-0.4, -0.2) is 59.6 Å². The van der Waals surface area contributed by atoms with Crippen molar-refractivity contribution in [2.24, 2.45) is 0 Å². The van der Waals surface area contributed by atoms with Crippen LogP contribution in [0.3, 0.4) is 0 Å². The number of fused-ring (bicyclic) bond motifs is 1. The predicted octanol–water partition coefficient (Wildman–Crippen LogP) is 2.96. The molecular weight excluding hydrogens is 458 g/mol. The van der Waals surface area contributed by atoms with Crippen LogP contribution < -0.4 is 0 Å². The van der Waals surface area contributed by atoms with Crippen LogP contribution in [0.1, 0.15) is 52.5 Å². The van der Waals surface area contributed by atoms with Crippen LogP contribution in [0.5, 0.6) is 0 Å². The first-order valence-corrected chi connectivity index (χ1v) is 11.8. The number of H-pyrrole nitrogens is 1. The fourth-order valence-electron chi connectivity index (χ4n) is 3.80. The molecule has 1 aliphatic heterocycles. The number of hydrogen-bond acceptors (Lipinski definition) is 9. The first-order valence-electron chi connectivity index (χ1n) is 11.8. The summed E-state index contributed by atoms with van der Waals surface area (Å²) in [6.07, 6.45) is -3.99. The van der Waals surface area contributed by atoms with E-state index in [1.165, 1.54) is 0 Å². The van der Waals surface area contributed by atoms with Crippen molar-refractivity contribution in [1.82, 2.24) is 4.98 Å². The van der Waals surface area contributed by atoms with Gasteiger partial charge in [0.25, 0.3) is 0 Å². The van der Waals surface area contributed by atoms with E-state index in [0.717, 1.165) is 16.5 Å². The van der Waals surface area contributed by atoms with Gasteiger partial charge in [0, 0.05) is 36.4 Å². The Bertz CT molecular complexity index is 1060. The molecule has 5 atom stereocenters. The molecule has 1 aromatic carbocycles. The molecule has 1 aliphatic rings. The van der Waals surface area contributed by atoms with Crippen molar-refractivity contribution in [2.45, 2.75) is 84.1 Å². The summed E-state index contributed by atoms with van der Waals surface area (Å²) in [6, 6.07) is 7.51. The maximum absolute atomic E-state index is 12.9. The number of esters is 4. The molecule has 0 unspecified atom stereocenters. The maximum atomic E-state index is 12.9. The zero-order valence-electron chi connectivity index (χ0n) is 20.3. The standard InChI is InChI=1S/C25H31NO9/c1-5-18(27)32-22-14(4)31-25(24(34-20(29)7-3)23(22)33-19(28)6-2)35-21(30)12-15-13-26-17-11-9-8-10-16(15)17/h8-11,13-14,22-26H,5-7,12H2,1-4H3/t14-,22-,23+,24+,25-/m0/s1. The second-order valence-corrected chi connectivity index (χ2v) is 8.16. The molecule has 1 aromatic heterocycles. The summed E-state index contributed by atoms with van der Waals surface area (Å²) in [5, 5.41) is 0.873. The number of ether oxygens (including phenoxy) is 5. The molecule has 190 valence electrons. The highest BCUT2D eigenvalue weighted by Crippen LogP contribution is 2.30. The number of aromatic amines is 1. The van der Waals surface area contributed by atoms with E-state index in [0.29, 0.717) is 0 Å². The van der Waals surface area contributed by atoms with Gasteiger partial charge in [-0.05, 0) is 18.6 Å². The molecule has 0 radical (unpaired) electrons. The molecule has 3 rings (SSSR count). The Balaban J connectivity index is 1.85. The molecule has 0 aliphatic carbocycles. The summed E-state index contributed by atoms with van der Waals surface area (Å²) in [6.45, 7) is 6.41. The molecular formula is C25H31NO9. The van der Waals surface area contributed by atoms with E-state index in [1.54, 1.807) is 33.9 Å². The molecule has 10 heteroatoms. The van der Waals surface area contributed by atoms with Crippen molar-refractivity contribution in [3.8, 4) is 0 Å². The Kier molecular flexibility index (Phi) is 8.86. The van der Waals surface area contributed by atoms with E-state index >= 15 is 0 Å². The summed E-state index contributed by atoms with van der Waals surface area (Å²) in [5.41, 5.74) is 1.60.